The summed E-state index contributed by atoms with van der Waals surface area (Å²) >= 11 is 13.4. The number of rotatable bonds is 4. The average Bonchev–Trinajstić information content (AvgIpc) is 3.41. The lowest BCUT2D eigenvalue weighted by atomic mass is 9.86. The summed E-state index contributed by atoms with van der Waals surface area (Å²) < 4.78 is 0. The molecular formula is C28H31Cl2N3O. The van der Waals surface area contributed by atoms with Gasteiger partial charge in [0.15, 0.2) is 0 Å². The molecule has 1 aliphatic heterocycles. The number of halogens is 2. The van der Waals surface area contributed by atoms with E-state index >= 15 is 0 Å². The van der Waals surface area contributed by atoms with Crippen molar-refractivity contribution >= 4 is 29.1 Å². The quantitative estimate of drug-likeness (QED) is 0.441. The minimum atomic E-state index is -0.0764. The van der Waals surface area contributed by atoms with E-state index in [0.29, 0.717) is 16.5 Å². The number of aromatic nitrogens is 2. The Bertz CT molecular complexity index is 1190. The van der Waals surface area contributed by atoms with Crippen molar-refractivity contribution in [3.8, 4) is 11.1 Å². The van der Waals surface area contributed by atoms with Gasteiger partial charge >= 0.3 is 0 Å². The molecule has 5 rings (SSSR count). The highest BCUT2D eigenvalue weighted by atomic mass is 35.5. The van der Waals surface area contributed by atoms with Crippen molar-refractivity contribution in [3.05, 3.63) is 75.3 Å². The topological polar surface area (TPSA) is 49.0 Å². The van der Waals surface area contributed by atoms with Gasteiger partial charge in [0.2, 0.25) is 5.91 Å². The van der Waals surface area contributed by atoms with Crippen LogP contribution in [0.5, 0.6) is 0 Å². The number of hydrogen-bond acceptors (Lipinski definition) is 2. The summed E-state index contributed by atoms with van der Waals surface area (Å²) in [5, 5.41) is 1.26. The number of carbonyl (C=O) groups is 1. The van der Waals surface area contributed by atoms with Crippen molar-refractivity contribution in [1.82, 2.24) is 14.9 Å². The maximum Gasteiger partial charge on any atom is 0.226 e. The van der Waals surface area contributed by atoms with Crippen molar-refractivity contribution in [2.45, 2.75) is 64.3 Å². The van der Waals surface area contributed by atoms with E-state index < -0.39 is 0 Å². The Morgan fingerprint density at radius 3 is 2.44 bits per heavy atom. The number of nitrogens with zero attached hydrogens (tertiary/aromatic N) is 2. The molecule has 2 atom stereocenters. The minimum absolute atomic E-state index is 0.0764. The molecule has 1 saturated heterocycles. The molecule has 34 heavy (non-hydrogen) atoms. The Hall–Kier alpha value is -2.30. The van der Waals surface area contributed by atoms with Crippen LogP contribution < -0.4 is 0 Å². The largest absolute Gasteiger partial charge is 0.348 e. The lowest BCUT2D eigenvalue weighted by Crippen LogP contribution is -2.41. The number of imidazole rings is 1. The van der Waals surface area contributed by atoms with Gasteiger partial charge in [-0.15, -0.1) is 0 Å². The highest BCUT2D eigenvalue weighted by Gasteiger charge is 2.38. The number of likely N-dealkylation sites (tertiary alicyclic amines) is 1. The van der Waals surface area contributed by atoms with Gasteiger partial charge in [-0.2, -0.15) is 0 Å². The third-order valence-electron chi connectivity index (χ3n) is 7.43. The van der Waals surface area contributed by atoms with Gasteiger partial charge < -0.3 is 9.88 Å². The molecule has 1 aliphatic carbocycles. The van der Waals surface area contributed by atoms with Crippen LogP contribution in [0, 0.1) is 5.92 Å². The third kappa shape index (κ3) is 4.50. The Balaban J connectivity index is 1.30. The fraction of sp³-hybridized carbons (Fsp3) is 0.429. The van der Waals surface area contributed by atoms with Crippen LogP contribution in [-0.2, 0) is 29.5 Å². The molecule has 178 valence electrons. The molecule has 3 aromatic rings. The molecule has 1 aromatic heterocycles. The van der Waals surface area contributed by atoms with Crippen LogP contribution in [-0.4, -0.2) is 33.4 Å². The third-order valence-corrected chi connectivity index (χ3v) is 8.11. The van der Waals surface area contributed by atoms with Crippen LogP contribution in [0.25, 0.3) is 11.1 Å². The maximum atomic E-state index is 13.3. The SMILES string of the molecule is CC(C)(C)c1ccc(-c2cc(Cl)c(CC3CCN(C4CCc5[nH]cnc5C4)C3=O)c(Cl)c2)cc1. The second-order valence-electron chi connectivity index (χ2n) is 10.7. The summed E-state index contributed by atoms with van der Waals surface area (Å²) in [5.41, 5.74) is 6.66. The second-order valence-corrected chi connectivity index (χ2v) is 11.5. The van der Waals surface area contributed by atoms with Crippen LogP contribution in [0.15, 0.2) is 42.7 Å². The lowest BCUT2D eigenvalue weighted by Gasteiger charge is -2.31. The molecular weight excluding hydrogens is 465 g/mol. The van der Waals surface area contributed by atoms with Crippen LogP contribution in [0.2, 0.25) is 10.0 Å². The zero-order valence-electron chi connectivity index (χ0n) is 20.0. The van der Waals surface area contributed by atoms with Crippen LogP contribution in [0.3, 0.4) is 0 Å². The van der Waals surface area contributed by atoms with E-state index in [2.05, 4.69) is 59.9 Å². The van der Waals surface area contributed by atoms with Crippen LogP contribution in [0.1, 0.15) is 56.1 Å². The maximum absolute atomic E-state index is 13.3. The molecule has 1 N–H and O–H groups in total. The first kappa shape index (κ1) is 23.4. The summed E-state index contributed by atoms with van der Waals surface area (Å²) in [4.78, 5) is 23.0. The number of aryl methyl sites for hydroxylation is 1. The van der Waals surface area contributed by atoms with Gasteiger partial charge in [0.1, 0.15) is 0 Å². The fourth-order valence-electron chi connectivity index (χ4n) is 5.33. The van der Waals surface area contributed by atoms with Gasteiger partial charge in [-0.25, -0.2) is 4.98 Å². The summed E-state index contributed by atoms with van der Waals surface area (Å²) in [5.74, 6) is 0.144. The Kier molecular flexibility index (Phi) is 6.24. The molecule has 0 radical (unpaired) electrons. The van der Waals surface area contributed by atoms with Crippen molar-refractivity contribution in [2.24, 2.45) is 5.92 Å². The predicted octanol–water partition coefficient (Wildman–Crippen LogP) is 6.63. The molecule has 0 spiro atoms. The summed E-state index contributed by atoms with van der Waals surface area (Å²) in [7, 11) is 0. The Morgan fingerprint density at radius 2 is 1.76 bits per heavy atom. The van der Waals surface area contributed by atoms with Gasteiger partial charge in [-0.05, 0) is 65.5 Å². The molecule has 1 amide bonds. The Labute approximate surface area is 211 Å². The van der Waals surface area contributed by atoms with E-state index in [9.17, 15) is 4.79 Å². The van der Waals surface area contributed by atoms with Crippen molar-refractivity contribution < 1.29 is 4.79 Å². The molecule has 2 heterocycles. The van der Waals surface area contributed by atoms with Crippen LogP contribution in [0.4, 0.5) is 0 Å². The molecule has 2 aliphatic rings. The standard InChI is InChI=1S/C28H31Cl2N3O/c1-28(2,3)20-6-4-17(5-7-20)19-13-23(29)22(24(30)14-19)12-18-10-11-33(27(18)34)21-8-9-25-26(15-21)32-16-31-25/h4-7,13-14,16,18,21H,8-12,15H2,1-3H3,(H,31,32). The first-order chi connectivity index (χ1) is 16.2. The number of nitrogens with one attached hydrogen (secondary N) is 1. The van der Waals surface area contributed by atoms with Gasteiger partial charge in [-0.1, -0.05) is 68.2 Å². The number of carbonyl (C=O) groups excluding carboxylic acids is 1. The van der Waals surface area contributed by atoms with E-state index in [-0.39, 0.29) is 23.3 Å². The van der Waals surface area contributed by atoms with Gasteiger partial charge in [-0.3, -0.25) is 4.79 Å². The molecule has 6 heteroatoms. The molecule has 2 unspecified atom stereocenters. The van der Waals surface area contributed by atoms with E-state index in [1.165, 1.54) is 11.3 Å². The zero-order valence-corrected chi connectivity index (χ0v) is 21.5. The van der Waals surface area contributed by atoms with Gasteiger partial charge in [0.05, 0.1) is 12.0 Å². The number of H-pyrrole nitrogens is 1. The van der Waals surface area contributed by atoms with Crippen molar-refractivity contribution in [3.63, 3.8) is 0 Å². The lowest BCUT2D eigenvalue weighted by molar-refractivity contribution is -0.133. The van der Waals surface area contributed by atoms with E-state index in [1.807, 2.05) is 12.1 Å². The van der Waals surface area contributed by atoms with Gasteiger partial charge in [0, 0.05) is 40.7 Å². The molecule has 0 saturated carbocycles. The summed E-state index contributed by atoms with van der Waals surface area (Å²) in [6, 6.07) is 12.8. The minimum Gasteiger partial charge on any atom is -0.348 e. The fourth-order valence-corrected chi connectivity index (χ4v) is 5.97. The first-order valence-electron chi connectivity index (χ1n) is 12.1. The zero-order chi connectivity index (χ0) is 24.0. The summed E-state index contributed by atoms with van der Waals surface area (Å²) in [6.07, 6.45) is 5.94. The predicted molar refractivity (Wildman–Crippen MR) is 139 cm³/mol. The van der Waals surface area contributed by atoms with E-state index in [0.717, 1.165) is 54.6 Å². The molecule has 1 fully saturated rings. The van der Waals surface area contributed by atoms with Crippen LogP contribution >= 0.6 is 23.2 Å². The molecule has 0 bridgehead atoms. The molecule has 2 aromatic carbocycles. The highest BCUT2D eigenvalue weighted by molar-refractivity contribution is 6.36. The number of amides is 1. The summed E-state index contributed by atoms with van der Waals surface area (Å²) in [6.45, 7) is 7.41. The average molecular weight is 496 g/mol. The van der Waals surface area contributed by atoms with E-state index in [1.54, 1.807) is 6.33 Å². The monoisotopic (exact) mass is 495 g/mol. The van der Waals surface area contributed by atoms with Crippen molar-refractivity contribution in [1.29, 1.82) is 0 Å². The highest BCUT2D eigenvalue weighted by Crippen LogP contribution is 2.37. The smallest absolute Gasteiger partial charge is 0.226 e. The second kappa shape index (κ2) is 9.05. The van der Waals surface area contributed by atoms with Gasteiger partial charge in [0.25, 0.3) is 0 Å². The number of fused-ring (bicyclic) bond motifs is 1. The number of benzene rings is 2. The number of hydrogen-bond donors (Lipinski definition) is 1. The normalized spacial score (nSPS) is 20.6. The van der Waals surface area contributed by atoms with E-state index in [4.69, 9.17) is 23.2 Å². The Morgan fingerprint density at radius 1 is 1.06 bits per heavy atom. The molecule has 4 nitrogen and oxygen atoms in total. The number of aromatic amines is 1. The van der Waals surface area contributed by atoms with Crippen molar-refractivity contribution in [2.75, 3.05) is 6.54 Å². The first-order valence-corrected chi connectivity index (χ1v) is 12.9.